The highest BCUT2D eigenvalue weighted by Gasteiger charge is 2.30. The standard InChI is InChI=1S/C30H36N2O2/c1-22(2)20-31-30(34)28(18-25-8-6-5-7-9-25)32(21-27-16-12-24(4)13-17-27)29(33)19-26-14-10-23(3)11-15-26/h5-17,22,28H,18-21H2,1-4H3,(H,31,34)/t28-/m0/s1. The van der Waals surface area contributed by atoms with Crippen molar-refractivity contribution in [2.45, 2.75) is 53.1 Å². The predicted octanol–water partition coefficient (Wildman–Crippen LogP) is 5.26. The molecule has 0 heterocycles. The molecule has 0 fully saturated rings. The van der Waals surface area contributed by atoms with E-state index in [1.165, 1.54) is 0 Å². The van der Waals surface area contributed by atoms with Crippen LogP contribution < -0.4 is 5.32 Å². The van der Waals surface area contributed by atoms with Gasteiger partial charge in [0.15, 0.2) is 0 Å². The average Bonchev–Trinajstić information content (AvgIpc) is 2.83. The Labute approximate surface area is 204 Å². The number of hydrogen-bond acceptors (Lipinski definition) is 2. The summed E-state index contributed by atoms with van der Waals surface area (Å²) in [6, 6.07) is 25.5. The van der Waals surface area contributed by atoms with Gasteiger partial charge in [0.2, 0.25) is 11.8 Å². The van der Waals surface area contributed by atoms with Crippen LogP contribution in [0.2, 0.25) is 0 Å². The van der Waals surface area contributed by atoms with Crippen molar-refractivity contribution in [2.24, 2.45) is 5.92 Å². The lowest BCUT2D eigenvalue weighted by atomic mass is 10.0. The molecule has 0 radical (unpaired) electrons. The maximum Gasteiger partial charge on any atom is 0.243 e. The van der Waals surface area contributed by atoms with E-state index in [1.54, 1.807) is 4.90 Å². The predicted molar refractivity (Wildman–Crippen MR) is 138 cm³/mol. The highest BCUT2D eigenvalue weighted by molar-refractivity contribution is 5.88. The van der Waals surface area contributed by atoms with Crippen LogP contribution in [0.4, 0.5) is 0 Å². The monoisotopic (exact) mass is 456 g/mol. The van der Waals surface area contributed by atoms with E-state index in [-0.39, 0.29) is 18.2 Å². The Balaban J connectivity index is 1.93. The van der Waals surface area contributed by atoms with Crippen LogP contribution in [0.1, 0.15) is 41.7 Å². The molecule has 3 aromatic rings. The van der Waals surface area contributed by atoms with Crippen molar-refractivity contribution in [2.75, 3.05) is 6.54 Å². The summed E-state index contributed by atoms with van der Waals surface area (Å²) in [6.07, 6.45) is 0.727. The number of nitrogens with zero attached hydrogens (tertiary/aromatic N) is 1. The van der Waals surface area contributed by atoms with Crippen molar-refractivity contribution in [3.05, 3.63) is 107 Å². The van der Waals surface area contributed by atoms with Crippen molar-refractivity contribution in [3.63, 3.8) is 0 Å². The van der Waals surface area contributed by atoms with Gasteiger partial charge in [0, 0.05) is 19.5 Å². The van der Waals surface area contributed by atoms with Gasteiger partial charge < -0.3 is 10.2 Å². The molecule has 4 heteroatoms. The van der Waals surface area contributed by atoms with Crippen LogP contribution in [0, 0.1) is 19.8 Å². The van der Waals surface area contributed by atoms with Gasteiger partial charge in [-0.05, 0) is 36.5 Å². The second-order valence-electron chi connectivity index (χ2n) is 9.51. The second kappa shape index (κ2) is 12.2. The first-order valence-electron chi connectivity index (χ1n) is 12.0. The van der Waals surface area contributed by atoms with Crippen LogP contribution in [0.25, 0.3) is 0 Å². The van der Waals surface area contributed by atoms with E-state index in [2.05, 4.69) is 19.2 Å². The van der Waals surface area contributed by atoms with E-state index in [9.17, 15) is 9.59 Å². The van der Waals surface area contributed by atoms with Gasteiger partial charge in [0.05, 0.1) is 6.42 Å². The summed E-state index contributed by atoms with van der Waals surface area (Å²) in [5.74, 6) is 0.169. The zero-order chi connectivity index (χ0) is 24.5. The van der Waals surface area contributed by atoms with Gasteiger partial charge in [-0.25, -0.2) is 0 Å². The molecule has 0 unspecified atom stereocenters. The molecule has 1 atom stereocenters. The van der Waals surface area contributed by atoms with Gasteiger partial charge in [-0.2, -0.15) is 0 Å². The summed E-state index contributed by atoms with van der Waals surface area (Å²) in [5, 5.41) is 3.07. The van der Waals surface area contributed by atoms with Crippen molar-refractivity contribution in [3.8, 4) is 0 Å². The fraction of sp³-hybridized carbons (Fsp3) is 0.333. The summed E-state index contributed by atoms with van der Waals surface area (Å²) in [4.78, 5) is 28.9. The molecule has 3 aromatic carbocycles. The van der Waals surface area contributed by atoms with Gasteiger partial charge in [-0.15, -0.1) is 0 Å². The molecule has 34 heavy (non-hydrogen) atoms. The molecule has 0 saturated heterocycles. The average molecular weight is 457 g/mol. The highest BCUT2D eigenvalue weighted by atomic mass is 16.2. The summed E-state index contributed by atoms with van der Waals surface area (Å²) >= 11 is 0. The molecule has 1 N–H and O–H groups in total. The molecule has 0 aliphatic rings. The van der Waals surface area contributed by atoms with E-state index in [4.69, 9.17) is 0 Å². The maximum atomic E-state index is 13.7. The van der Waals surface area contributed by atoms with Crippen LogP contribution >= 0.6 is 0 Å². The number of carbonyl (C=O) groups is 2. The molecular formula is C30H36N2O2. The smallest absolute Gasteiger partial charge is 0.243 e. The minimum Gasteiger partial charge on any atom is -0.354 e. The molecule has 0 bridgehead atoms. The van der Waals surface area contributed by atoms with Gasteiger partial charge in [0.1, 0.15) is 6.04 Å². The SMILES string of the molecule is Cc1ccc(CC(=O)N(Cc2ccc(C)cc2)[C@@H](Cc2ccccc2)C(=O)NCC(C)C)cc1. The first kappa shape index (κ1) is 25.2. The molecule has 0 aliphatic carbocycles. The van der Waals surface area contributed by atoms with Crippen LogP contribution in [0.15, 0.2) is 78.9 Å². The zero-order valence-corrected chi connectivity index (χ0v) is 20.8. The fourth-order valence-corrected chi connectivity index (χ4v) is 3.85. The minimum atomic E-state index is -0.597. The van der Waals surface area contributed by atoms with Crippen molar-refractivity contribution in [1.82, 2.24) is 10.2 Å². The number of aryl methyl sites for hydroxylation is 2. The van der Waals surface area contributed by atoms with Crippen LogP contribution in [-0.4, -0.2) is 29.3 Å². The third kappa shape index (κ3) is 7.58. The third-order valence-electron chi connectivity index (χ3n) is 5.91. The molecule has 0 aromatic heterocycles. The molecule has 0 saturated carbocycles. The summed E-state index contributed by atoms with van der Waals surface area (Å²) < 4.78 is 0. The zero-order valence-electron chi connectivity index (χ0n) is 20.8. The van der Waals surface area contributed by atoms with E-state index >= 15 is 0 Å². The lowest BCUT2D eigenvalue weighted by molar-refractivity contribution is -0.140. The third-order valence-corrected chi connectivity index (χ3v) is 5.91. The van der Waals surface area contributed by atoms with Gasteiger partial charge in [-0.3, -0.25) is 9.59 Å². The molecule has 4 nitrogen and oxygen atoms in total. The lowest BCUT2D eigenvalue weighted by Crippen LogP contribution is -2.51. The van der Waals surface area contributed by atoms with E-state index in [0.717, 1.165) is 27.8 Å². The number of hydrogen-bond donors (Lipinski definition) is 1. The Hall–Kier alpha value is -3.40. The molecule has 0 aliphatic heterocycles. The Bertz CT molecular complexity index is 1060. The Morgan fingerprint density at radius 2 is 1.32 bits per heavy atom. The van der Waals surface area contributed by atoms with Crippen LogP contribution in [0.5, 0.6) is 0 Å². The quantitative estimate of drug-likeness (QED) is 0.452. The molecule has 178 valence electrons. The Kier molecular flexibility index (Phi) is 9.03. The molecule has 0 spiro atoms. The number of rotatable bonds is 10. The van der Waals surface area contributed by atoms with Crippen molar-refractivity contribution >= 4 is 11.8 Å². The summed E-state index contributed by atoms with van der Waals surface area (Å²) in [7, 11) is 0. The molecule has 2 amide bonds. The fourth-order valence-electron chi connectivity index (χ4n) is 3.85. The number of benzene rings is 3. The summed E-state index contributed by atoms with van der Waals surface area (Å²) in [5.41, 5.74) is 5.31. The van der Waals surface area contributed by atoms with Crippen LogP contribution in [0.3, 0.4) is 0 Å². The van der Waals surface area contributed by atoms with Crippen molar-refractivity contribution < 1.29 is 9.59 Å². The van der Waals surface area contributed by atoms with Gasteiger partial charge in [-0.1, -0.05) is 104 Å². The Morgan fingerprint density at radius 1 is 0.765 bits per heavy atom. The summed E-state index contributed by atoms with van der Waals surface area (Å²) in [6.45, 7) is 9.18. The normalized spacial score (nSPS) is 11.8. The highest BCUT2D eigenvalue weighted by Crippen LogP contribution is 2.17. The van der Waals surface area contributed by atoms with Gasteiger partial charge >= 0.3 is 0 Å². The van der Waals surface area contributed by atoms with E-state index in [1.807, 2.05) is 92.7 Å². The number of amides is 2. The van der Waals surface area contributed by atoms with Crippen LogP contribution in [-0.2, 0) is 29.0 Å². The number of carbonyl (C=O) groups excluding carboxylic acids is 2. The van der Waals surface area contributed by atoms with E-state index < -0.39 is 6.04 Å². The molecule has 3 rings (SSSR count). The lowest BCUT2D eigenvalue weighted by Gasteiger charge is -2.32. The maximum absolute atomic E-state index is 13.7. The number of nitrogens with one attached hydrogen (secondary N) is 1. The first-order chi connectivity index (χ1) is 16.3. The Morgan fingerprint density at radius 3 is 1.88 bits per heavy atom. The van der Waals surface area contributed by atoms with Crippen molar-refractivity contribution in [1.29, 1.82) is 0 Å². The second-order valence-corrected chi connectivity index (χ2v) is 9.51. The molecular weight excluding hydrogens is 420 g/mol. The van der Waals surface area contributed by atoms with E-state index in [0.29, 0.717) is 25.4 Å². The largest absolute Gasteiger partial charge is 0.354 e. The topological polar surface area (TPSA) is 49.4 Å². The minimum absolute atomic E-state index is 0.0509. The first-order valence-corrected chi connectivity index (χ1v) is 12.0. The van der Waals surface area contributed by atoms with Gasteiger partial charge in [0.25, 0.3) is 0 Å².